The Kier molecular flexibility index (Phi) is 2.26. The lowest BCUT2D eigenvalue weighted by Gasteiger charge is -2.21. The van der Waals surface area contributed by atoms with Gasteiger partial charge in [0, 0.05) is 0 Å². The van der Waals surface area contributed by atoms with E-state index in [-0.39, 0.29) is 5.97 Å². The van der Waals surface area contributed by atoms with E-state index in [4.69, 9.17) is 4.74 Å². The topological polar surface area (TPSA) is 26.3 Å². The third kappa shape index (κ3) is 1.74. The number of allylic oxidation sites excluding steroid dienone is 1. The van der Waals surface area contributed by atoms with E-state index >= 15 is 0 Å². The summed E-state index contributed by atoms with van der Waals surface area (Å²) in [6.07, 6.45) is 5.57. The first-order valence-corrected chi connectivity index (χ1v) is 6.56. The smallest absolute Gasteiger partial charge is 0.338 e. The zero-order valence-corrected chi connectivity index (χ0v) is 10.9. The number of carbonyl (C=O) groups excluding carboxylic acids is 1. The maximum absolute atomic E-state index is 11.7. The molecule has 0 aromatic carbocycles. The molecule has 17 heavy (non-hydrogen) atoms. The Hall–Kier alpha value is -1.05. The van der Waals surface area contributed by atoms with Gasteiger partial charge in [0.2, 0.25) is 0 Å². The highest BCUT2D eigenvalue weighted by Gasteiger charge is 2.41. The molecule has 2 aliphatic carbocycles. The standard InChI is InChI=1S/C15H20O2/c1-9-4-11-8-17-14(16)12(11)5-10-6-15(2,3)7-13(9)10/h5,9,13H,4,6-8H2,1-3H3. The normalized spacial score (nSPS) is 35.0. The second-order valence-electron chi connectivity index (χ2n) is 6.65. The van der Waals surface area contributed by atoms with Crippen LogP contribution in [-0.4, -0.2) is 12.6 Å². The number of hydrogen-bond acceptors (Lipinski definition) is 2. The quantitative estimate of drug-likeness (QED) is 0.599. The lowest BCUT2D eigenvalue weighted by Crippen LogP contribution is -2.12. The molecule has 0 aromatic rings. The highest BCUT2D eigenvalue weighted by atomic mass is 16.5. The molecule has 3 aliphatic rings. The van der Waals surface area contributed by atoms with E-state index in [1.165, 1.54) is 17.6 Å². The van der Waals surface area contributed by atoms with Crippen LogP contribution in [-0.2, 0) is 9.53 Å². The van der Waals surface area contributed by atoms with E-state index in [9.17, 15) is 4.79 Å². The maximum atomic E-state index is 11.7. The van der Waals surface area contributed by atoms with Crippen LogP contribution >= 0.6 is 0 Å². The number of rotatable bonds is 0. The lowest BCUT2D eigenvalue weighted by molar-refractivity contribution is -0.135. The van der Waals surface area contributed by atoms with Gasteiger partial charge in [-0.15, -0.1) is 0 Å². The molecule has 3 rings (SSSR count). The van der Waals surface area contributed by atoms with Gasteiger partial charge in [0.15, 0.2) is 0 Å². The van der Waals surface area contributed by atoms with E-state index in [0.717, 1.165) is 18.4 Å². The van der Waals surface area contributed by atoms with Crippen molar-refractivity contribution in [2.75, 3.05) is 6.61 Å². The second kappa shape index (κ2) is 3.47. The Morgan fingerprint density at radius 1 is 1.41 bits per heavy atom. The number of esters is 1. The van der Waals surface area contributed by atoms with Crippen molar-refractivity contribution >= 4 is 5.97 Å². The van der Waals surface area contributed by atoms with Crippen molar-refractivity contribution in [3.63, 3.8) is 0 Å². The Morgan fingerprint density at radius 3 is 2.94 bits per heavy atom. The molecule has 0 aromatic heterocycles. The highest BCUT2D eigenvalue weighted by molar-refractivity contribution is 5.95. The molecule has 0 saturated heterocycles. The zero-order chi connectivity index (χ0) is 12.2. The van der Waals surface area contributed by atoms with E-state index in [2.05, 4.69) is 26.8 Å². The first-order chi connectivity index (χ1) is 7.96. The second-order valence-corrected chi connectivity index (χ2v) is 6.65. The molecule has 2 atom stereocenters. The summed E-state index contributed by atoms with van der Waals surface area (Å²) >= 11 is 0. The summed E-state index contributed by atoms with van der Waals surface area (Å²) < 4.78 is 5.15. The molecule has 1 heterocycles. The molecule has 2 nitrogen and oxygen atoms in total. The number of carbonyl (C=O) groups is 1. The summed E-state index contributed by atoms with van der Waals surface area (Å²) in [6, 6.07) is 0. The van der Waals surface area contributed by atoms with Crippen LogP contribution in [0.2, 0.25) is 0 Å². The molecule has 1 saturated carbocycles. The average molecular weight is 232 g/mol. The molecule has 0 amide bonds. The van der Waals surface area contributed by atoms with Crippen LogP contribution in [0.1, 0.15) is 40.0 Å². The van der Waals surface area contributed by atoms with E-state index < -0.39 is 0 Å². The van der Waals surface area contributed by atoms with E-state index in [0.29, 0.717) is 23.9 Å². The molecule has 0 spiro atoms. The number of ether oxygens (including phenoxy) is 1. The molecular formula is C15H20O2. The van der Waals surface area contributed by atoms with Crippen LogP contribution < -0.4 is 0 Å². The van der Waals surface area contributed by atoms with Crippen LogP contribution in [0.5, 0.6) is 0 Å². The van der Waals surface area contributed by atoms with Gasteiger partial charge in [-0.3, -0.25) is 0 Å². The zero-order valence-electron chi connectivity index (χ0n) is 10.9. The van der Waals surface area contributed by atoms with Gasteiger partial charge in [0.25, 0.3) is 0 Å². The van der Waals surface area contributed by atoms with Crippen molar-refractivity contribution in [1.82, 2.24) is 0 Å². The summed E-state index contributed by atoms with van der Waals surface area (Å²) in [5, 5.41) is 0. The minimum atomic E-state index is -0.106. The molecule has 92 valence electrons. The van der Waals surface area contributed by atoms with E-state index in [1.54, 1.807) is 0 Å². The Bertz CT molecular complexity index is 440. The maximum Gasteiger partial charge on any atom is 0.338 e. The first-order valence-electron chi connectivity index (χ1n) is 6.56. The fourth-order valence-corrected chi connectivity index (χ4v) is 3.71. The fraction of sp³-hybridized carbons (Fsp3) is 0.667. The van der Waals surface area contributed by atoms with Crippen LogP contribution in [0.25, 0.3) is 0 Å². The van der Waals surface area contributed by atoms with Crippen LogP contribution in [0.4, 0.5) is 0 Å². The number of hydrogen-bond donors (Lipinski definition) is 0. The van der Waals surface area contributed by atoms with Crippen molar-refractivity contribution in [3.05, 3.63) is 22.8 Å². The Balaban J connectivity index is 2.02. The summed E-state index contributed by atoms with van der Waals surface area (Å²) in [5.74, 6) is 1.21. The predicted molar refractivity (Wildman–Crippen MR) is 66.4 cm³/mol. The van der Waals surface area contributed by atoms with E-state index in [1.807, 2.05) is 0 Å². The first kappa shape index (κ1) is 11.1. The molecular weight excluding hydrogens is 212 g/mol. The van der Waals surface area contributed by atoms with Gasteiger partial charge >= 0.3 is 5.97 Å². The molecule has 2 unspecified atom stereocenters. The van der Waals surface area contributed by atoms with Crippen molar-refractivity contribution in [1.29, 1.82) is 0 Å². The van der Waals surface area contributed by atoms with Crippen LogP contribution in [0.15, 0.2) is 22.8 Å². The molecule has 1 aliphatic heterocycles. The average Bonchev–Trinajstić information content (AvgIpc) is 2.68. The fourth-order valence-electron chi connectivity index (χ4n) is 3.71. The SMILES string of the molecule is CC1CC2=C(C=C3CC(C)(C)CC31)C(=O)OC2. The Morgan fingerprint density at radius 2 is 2.18 bits per heavy atom. The largest absolute Gasteiger partial charge is 0.458 e. The Labute approximate surface area is 103 Å². The minimum Gasteiger partial charge on any atom is -0.458 e. The minimum absolute atomic E-state index is 0.106. The molecule has 0 radical (unpaired) electrons. The summed E-state index contributed by atoms with van der Waals surface area (Å²) in [6.45, 7) is 7.51. The third-order valence-electron chi connectivity index (χ3n) is 4.49. The lowest BCUT2D eigenvalue weighted by atomic mass is 9.83. The van der Waals surface area contributed by atoms with Gasteiger partial charge in [-0.05, 0) is 48.2 Å². The van der Waals surface area contributed by atoms with Gasteiger partial charge < -0.3 is 4.74 Å². The molecule has 1 fully saturated rings. The van der Waals surface area contributed by atoms with Crippen molar-refractivity contribution in [2.45, 2.75) is 40.0 Å². The van der Waals surface area contributed by atoms with Crippen LogP contribution in [0.3, 0.4) is 0 Å². The summed E-state index contributed by atoms with van der Waals surface area (Å²) in [7, 11) is 0. The van der Waals surface area contributed by atoms with Crippen molar-refractivity contribution in [2.24, 2.45) is 17.3 Å². The molecule has 0 bridgehead atoms. The highest BCUT2D eigenvalue weighted by Crippen LogP contribution is 2.51. The van der Waals surface area contributed by atoms with Crippen molar-refractivity contribution in [3.8, 4) is 0 Å². The summed E-state index contributed by atoms with van der Waals surface area (Å²) in [5.41, 5.74) is 3.96. The van der Waals surface area contributed by atoms with Crippen molar-refractivity contribution < 1.29 is 9.53 Å². The predicted octanol–water partition coefficient (Wildman–Crippen LogP) is 3.24. The van der Waals surface area contributed by atoms with Gasteiger partial charge in [-0.25, -0.2) is 4.79 Å². The van der Waals surface area contributed by atoms with Gasteiger partial charge in [0.05, 0.1) is 5.57 Å². The molecule has 0 N–H and O–H groups in total. The summed E-state index contributed by atoms with van der Waals surface area (Å²) in [4.78, 5) is 11.7. The third-order valence-corrected chi connectivity index (χ3v) is 4.49. The van der Waals surface area contributed by atoms with Gasteiger partial charge in [-0.2, -0.15) is 0 Å². The van der Waals surface area contributed by atoms with Crippen LogP contribution in [0, 0.1) is 17.3 Å². The number of fused-ring (bicyclic) bond motifs is 1. The van der Waals surface area contributed by atoms with Gasteiger partial charge in [-0.1, -0.05) is 26.3 Å². The van der Waals surface area contributed by atoms with Gasteiger partial charge in [0.1, 0.15) is 6.61 Å². The number of cyclic esters (lactones) is 1. The monoisotopic (exact) mass is 232 g/mol. The molecule has 2 heteroatoms.